The fourth-order valence-corrected chi connectivity index (χ4v) is 4.83. The van der Waals surface area contributed by atoms with Gasteiger partial charge < -0.3 is 20.7 Å². The average molecular weight is 485 g/mol. The second kappa shape index (κ2) is 12.4. The fourth-order valence-electron chi connectivity index (χ4n) is 4.63. The van der Waals surface area contributed by atoms with Crippen LogP contribution in [0.15, 0.2) is 42.5 Å². The van der Waals surface area contributed by atoms with E-state index in [0.29, 0.717) is 11.4 Å². The molecule has 1 aliphatic carbocycles. The topological polar surface area (TPSA) is 98.7 Å². The number of hydrogen-bond acceptors (Lipinski definition) is 4. The Morgan fingerprint density at radius 3 is 2.47 bits per heavy atom. The zero-order valence-electron chi connectivity index (χ0n) is 19.9. The quantitative estimate of drug-likeness (QED) is 0.388. The van der Waals surface area contributed by atoms with E-state index in [-0.39, 0.29) is 30.6 Å². The molecule has 0 heterocycles. The zero-order valence-corrected chi connectivity index (χ0v) is 20.6. The van der Waals surface area contributed by atoms with Gasteiger partial charge in [-0.15, -0.1) is 0 Å². The predicted octanol–water partition coefficient (Wildman–Crippen LogP) is 3.55. The second-order valence-corrected chi connectivity index (χ2v) is 9.97. The van der Waals surface area contributed by atoms with Gasteiger partial charge >= 0.3 is 7.12 Å². The lowest BCUT2D eigenvalue weighted by Gasteiger charge is -2.24. The molecular formula is C26H34BClN2O4. The van der Waals surface area contributed by atoms with Crippen molar-refractivity contribution in [2.75, 3.05) is 0 Å². The van der Waals surface area contributed by atoms with Gasteiger partial charge in [-0.05, 0) is 72.4 Å². The van der Waals surface area contributed by atoms with Gasteiger partial charge in [0.1, 0.15) is 0 Å². The standard InChI is InChI=1S/C26H34BClN2O4/c1-17(2)13-24(27(33)34)30-26(32)16-23(20-10-6-11-21(28)14-20)29-25(31)15-19-9-5-8-18-7-3-4-12-22(18)19/h5-6,8-11,14,17,23-24,33-34H,3-4,7,12-13,15-16H2,1-2H3,(H,29,31)(H,30,32)/t23?,24-/m0/s1. The first kappa shape index (κ1) is 26.3. The van der Waals surface area contributed by atoms with Crippen LogP contribution in [0.3, 0.4) is 0 Å². The van der Waals surface area contributed by atoms with Crippen molar-refractivity contribution in [3.8, 4) is 0 Å². The molecule has 2 aromatic carbocycles. The lowest BCUT2D eigenvalue weighted by molar-refractivity contribution is -0.123. The summed E-state index contributed by atoms with van der Waals surface area (Å²) in [6.45, 7) is 3.89. The largest absolute Gasteiger partial charge is 0.475 e. The Morgan fingerprint density at radius 1 is 1.03 bits per heavy atom. The van der Waals surface area contributed by atoms with Crippen LogP contribution in [-0.2, 0) is 28.9 Å². The summed E-state index contributed by atoms with van der Waals surface area (Å²) in [4.78, 5) is 25.9. The van der Waals surface area contributed by atoms with Crippen molar-refractivity contribution >= 4 is 30.5 Å². The van der Waals surface area contributed by atoms with Gasteiger partial charge in [-0.25, -0.2) is 0 Å². The molecule has 4 N–H and O–H groups in total. The third-order valence-electron chi connectivity index (χ3n) is 6.25. The Hall–Kier alpha value is -2.35. The van der Waals surface area contributed by atoms with Crippen LogP contribution < -0.4 is 10.6 Å². The van der Waals surface area contributed by atoms with E-state index < -0.39 is 19.1 Å². The fraction of sp³-hybridized carbons (Fsp3) is 0.462. The van der Waals surface area contributed by atoms with Crippen molar-refractivity contribution in [3.05, 3.63) is 69.7 Å². The summed E-state index contributed by atoms with van der Waals surface area (Å²) < 4.78 is 0. The molecule has 1 aliphatic rings. The van der Waals surface area contributed by atoms with Gasteiger partial charge in [0.15, 0.2) is 0 Å². The highest BCUT2D eigenvalue weighted by molar-refractivity contribution is 6.43. The van der Waals surface area contributed by atoms with E-state index in [4.69, 9.17) is 11.6 Å². The van der Waals surface area contributed by atoms with Crippen LogP contribution in [0.25, 0.3) is 0 Å². The molecule has 0 aliphatic heterocycles. The molecule has 0 saturated carbocycles. The smallest absolute Gasteiger partial charge is 0.426 e. The van der Waals surface area contributed by atoms with Gasteiger partial charge in [0.05, 0.1) is 24.8 Å². The number of carbonyl (C=O) groups excluding carboxylic acids is 2. The van der Waals surface area contributed by atoms with Crippen LogP contribution in [0.4, 0.5) is 0 Å². The van der Waals surface area contributed by atoms with E-state index in [2.05, 4.69) is 16.7 Å². The summed E-state index contributed by atoms with van der Waals surface area (Å²) in [5, 5.41) is 25.5. The highest BCUT2D eigenvalue weighted by Gasteiger charge is 2.28. The Morgan fingerprint density at radius 2 is 1.76 bits per heavy atom. The van der Waals surface area contributed by atoms with Crippen LogP contribution in [0.5, 0.6) is 0 Å². The molecule has 0 radical (unpaired) electrons. The minimum atomic E-state index is -1.66. The normalized spacial score (nSPS) is 14.8. The maximum Gasteiger partial charge on any atom is 0.475 e. The third-order valence-corrected chi connectivity index (χ3v) is 6.49. The molecule has 0 aromatic heterocycles. The van der Waals surface area contributed by atoms with Crippen molar-refractivity contribution < 1.29 is 19.6 Å². The van der Waals surface area contributed by atoms with Crippen molar-refractivity contribution in [2.45, 2.75) is 70.8 Å². The third kappa shape index (κ3) is 7.59. The van der Waals surface area contributed by atoms with Crippen LogP contribution in [0.2, 0.25) is 5.02 Å². The summed E-state index contributed by atoms with van der Waals surface area (Å²) in [6, 6.07) is 12.6. The lowest BCUT2D eigenvalue weighted by atomic mass is 9.75. The molecule has 0 saturated heterocycles. The highest BCUT2D eigenvalue weighted by atomic mass is 35.5. The van der Waals surface area contributed by atoms with Crippen molar-refractivity contribution in [2.24, 2.45) is 5.92 Å². The number of carbonyl (C=O) groups is 2. The number of halogens is 1. The molecule has 2 aromatic rings. The van der Waals surface area contributed by atoms with Gasteiger partial charge in [0, 0.05) is 5.02 Å². The molecule has 2 amide bonds. The number of hydrogen-bond donors (Lipinski definition) is 4. The van der Waals surface area contributed by atoms with Gasteiger partial charge in [0.2, 0.25) is 11.8 Å². The lowest BCUT2D eigenvalue weighted by Crippen LogP contribution is -2.48. The Labute approximate surface area is 207 Å². The summed E-state index contributed by atoms with van der Waals surface area (Å²) in [5.41, 5.74) is 4.34. The Kier molecular flexibility index (Phi) is 9.57. The number of nitrogens with one attached hydrogen (secondary N) is 2. The zero-order chi connectivity index (χ0) is 24.7. The first-order valence-electron chi connectivity index (χ1n) is 12.0. The molecule has 8 heteroatoms. The molecule has 2 atom stereocenters. The van der Waals surface area contributed by atoms with E-state index >= 15 is 0 Å². The molecule has 34 heavy (non-hydrogen) atoms. The highest BCUT2D eigenvalue weighted by Crippen LogP contribution is 2.26. The second-order valence-electron chi connectivity index (χ2n) is 9.54. The van der Waals surface area contributed by atoms with Gasteiger partial charge in [-0.1, -0.05) is 55.8 Å². The first-order chi connectivity index (χ1) is 16.2. The predicted molar refractivity (Wildman–Crippen MR) is 135 cm³/mol. The monoisotopic (exact) mass is 484 g/mol. The molecule has 182 valence electrons. The summed E-state index contributed by atoms with van der Waals surface area (Å²) in [7, 11) is -1.66. The number of fused-ring (bicyclic) bond motifs is 1. The van der Waals surface area contributed by atoms with Crippen molar-refractivity contribution in [3.63, 3.8) is 0 Å². The number of amides is 2. The summed E-state index contributed by atoms with van der Waals surface area (Å²) >= 11 is 6.17. The van der Waals surface area contributed by atoms with E-state index in [1.54, 1.807) is 18.2 Å². The van der Waals surface area contributed by atoms with Gasteiger partial charge in [-0.2, -0.15) is 0 Å². The summed E-state index contributed by atoms with van der Waals surface area (Å²) in [5.74, 6) is -1.15. The van der Waals surface area contributed by atoms with Crippen molar-refractivity contribution in [1.82, 2.24) is 10.6 Å². The van der Waals surface area contributed by atoms with Crippen LogP contribution in [0.1, 0.15) is 67.8 Å². The maximum absolute atomic E-state index is 13.1. The maximum atomic E-state index is 13.1. The molecule has 0 bridgehead atoms. The van der Waals surface area contributed by atoms with Crippen LogP contribution in [0, 0.1) is 5.92 Å². The number of rotatable bonds is 10. The van der Waals surface area contributed by atoms with E-state index in [9.17, 15) is 19.6 Å². The Bertz CT molecular complexity index is 999. The molecule has 1 unspecified atom stereocenters. The van der Waals surface area contributed by atoms with Crippen LogP contribution in [-0.4, -0.2) is 34.9 Å². The minimum absolute atomic E-state index is 0.0414. The minimum Gasteiger partial charge on any atom is -0.426 e. The number of aryl methyl sites for hydroxylation is 1. The van der Waals surface area contributed by atoms with E-state index in [0.717, 1.165) is 30.4 Å². The molecular weight excluding hydrogens is 451 g/mol. The Balaban J connectivity index is 1.73. The van der Waals surface area contributed by atoms with E-state index in [1.807, 2.05) is 32.0 Å². The van der Waals surface area contributed by atoms with E-state index in [1.165, 1.54) is 17.5 Å². The molecule has 3 rings (SSSR count). The van der Waals surface area contributed by atoms with Crippen molar-refractivity contribution in [1.29, 1.82) is 0 Å². The average Bonchev–Trinajstić information content (AvgIpc) is 2.78. The SMILES string of the molecule is CC(C)C[C@H](NC(=O)CC(NC(=O)Cc1cccc2c1CCCC2)c1cccc(Cl)c1)B(O)O. The first-order valence-corrected chi connectivity index (χ1v) is 12.4. The molecule has 0 spiro atoms. The molecule has 6 nitrogen and oxygen atoms in total. The number of benzene rings is 2. The molecule has 0 fully saturated rings. The summed E-state index contributed by atoms with van der Waals surface area (Å²) in [6.07, 6.45) is 4.97. The van der Waals surface area contributed by atoms with Gasteiger partial charge in [0.25, 0.3) is 0 Å². The van der Waals surface area contributed by atoms with Crippen LogP contribution >= 0.6 is 11.6 Å². The van der Waals surface area contributed by atoms with Gasteiger partial charge in [-0.3, -0.25) is 9.59 Å².